The number of carboxylic acids is 1. The van der Waals surface area contributed by atoms with Gasteiger partial charge in [-0.05, 0) is 23.6 Å². The van der Waals surface area contributed by atoms with Crippen molar-refractivity contribution in [1.82, 2.24) is 0 Å². The van der Waals surface area contributed by atoms with Crippen LogP contribution in [0.5, 0.6) is 0 Å². The van der Waals surface area contributed by atoms with Gasteiger partial charge in [-0.2, -0.15) is 0 Å². The average molecular weight is 192 g/mol. The third kappa shape index (κ3) is 1.51. The minimum absolute atomic E-state index is 0.0826. The molecule has 3 nitrogen and oxygen atoms in total. The molecule has 0 amide bonds. The molecule has 0 bridgehead atoms. The fourth-order valence-corrected chi connectivity index (χ4v) is 1.84. The van der Waals surface area contributed by atoms with Gasteiger partial charge in [-0.1, -0.05) is 18.2 Å². The lowest BCUT2D eigenvalue weighted by molar-refractivity contribution is -0.136. The monoisotopic (exact) mass is 192 g/mol. The molecule has 1 unspecified atom stereocenters. The van der Waals surface area contributed by atoms with Crippen LogP contribution >= 0.6 is 0 Å². The number of aliphatic carboxylic acids is 1. The van der Waals surface area contributed by atoms with Crippen LogP contribution in [0.1, 0.15) is 29.7 Å². The Balaban J connectivity index is 2.39. The van der Waals surface area contributed by atoms with Crippen molar-refractivity contribution in [2.45, 2.75) is 26.1 Å². The molecular formula is C11H12O3. The van der Waals surface area contributed by atoms with Gasteiger partial charge >= 0.3 is 5.97 Å². The molecule has 0 aliphatic carbocycles. The van der Waals surface area contributed by atoms with Gasteiger partial charge in [0.15, 0.2) is 0 Å². The van der Waals surface area contributed by atoms with Crippen LogP contribution in [0.4, 0.5) is 0 Å². The summed E-state index contributed by atoms with van der Waals surface area (Å²) in [5.41, 5.74) is 3.06. The summed E-state index contributed by atoms with van der Waals surface area (Å²) in [6, 6.07) is 5.75. The fourth-order valence-electron chi connectivity index (χ4n) is 1.84. The molecular weight excluding hydrogens is 180 g/mol. The molecule has 0 radical (unpaired) electrons. The Bertz CT molecular complexity index is 371. The number of rotatable bonds is 2. The highest BCUT2D eigenvalue weighted by Crippen LogP contribution is 2.32. The normalized spacial score (nSPS) is 19.4. The highest BCUT2D eigenvalue weighted by Gasteiger charge is 2.21. The Labute approximate surface area is 82.3 Å². The number of carbonyl (C=O) groups is 1. The molecule has 2 rings (SSSR count). The summed E-state index contributed by atoms with van der Waals surface area (Å²) in [5, 5.41) is 8.72. The van der Waals surface area contributed by atoms with E-state index < -0.39 is 5.97 Å². The Hall–Kier alpha value is -1.35. The largest absolute Gasteiger partial charge is 0.481 e. The van der Waals surface area contributed by atoms with Gasteiger partial charge in [-0.3, -0.25) is 4.79 Å². The maximum absolute atomic E-state index is 10.6. The highest BCUT2D eigenvalue weighted by atomic mass is 16.5. The predicted octanol–water partition coefficient (Wildman–Crippen LogP) is 1.90. The molecule has 74 valence electrons. The van der Waals surface area contributed by atoms with Crippen LogP contribution in [0.3, 0.4) is 0 Å². The molecule has 0 saturated heterocycles. The van der Waals surface area contributed by atoms with Crippen molar-refractivity contribution in [3.05, 3.63) is 34.9 Å². The van der Waals surface area contributed by atoms with Crippen molar-refractivity contribution < 1.29 is 14.6 Å². The number of fused-ring (bicyclic) bond motifs is 1. The van der Waals surface area contributed by atoms with Crippen LogP contribution in [0, 0.1) is 0 Å². The van der Waals surface area contributed by atoms with E-state index in [-0.39, 0.29) is 12.5 Å². The summed E-state index contributed by atoms with van der Waals surface area (Å²) < 4.78 is 5.45. The molecule has 1 aliphatic heterocycles. The van der Waals surface area contributed by atoms with Crippen molar-refractivity contribution in [3.8, 4) is 0 Å². The number of ether oxygens (including phenoxy) is 1. The van der Waals surface area contributed by atoms with Crippen molar-refractivity contribution in [3.63, 3.8) is 0 Å². The van der Waals surface area contributed by atoms with E-state index in [1.54, 1.807) is 0 Å². The number of carboxylic acid groups (broad SMARTS) is 1. The Morgan fingerprint density at radius 3 is 3.14 bits per heavy atom. The standard InChI is InChI=1S/C11H12O3/c1-7-9-4-2-3-8(5-11(12)13)10(9)6-14-7/h2-4,7H,5-6H2,1H3,(H,12,13). The second-order valence-corrected chi connectivity index (χ2v) is 3.51. The zero-order chi connectivity index (χ0) is 10.1. The van der Waals surface area contributed by atoms with E-state index in [0.717, 1.165) is 16.7 Å². The maximum Gasteiger partial charge on any atom is 0.307 e. The molecule has 0 spiro atoms. The first-order valence-electron chi connectivity index (χ1n) is 4.62. The minimum atomic E-state index is -0.794. The SMILES string of the molecule is CC1OCc2c(CC(=O)O)cccc21. The lowest BCUT2D eigenvalue weighted by Crippen LogP contribution is -2.03. The summed E-state index contributed by atoms with van der Waals surface area (Å²) in [4.78, 5) is 10.6. The molecule has 14 heavy (non-hydrogen) atoms. The first-order valence-corrected chi connectivity index (χ1v) is 4.62. The lowest BCUT2D eigenvalue weighted by atomic mass is 9.99. The van der Waals surface area contributed by atoms with Crippen molar-refractivity contribution in [1.29, 1.82) is 0 Å². The van der Waals surface area contributed by atoms with Gasteiger partial charge in [-0.25, -0.2) is 0 Å². The molecule has 1 atom stereocenters. The van der Waals surface area contributed by atoms with Gasteiger partial charge in [0.2, 0.25) is 0 Å². The van der Waals surface area contributed by atoms with Gasteiger partial charge in [0.25, 0.3) is 0 Å². The van der Waals surface area contributed by atoms with E-state index in [1.165, 1.54) is 0 Å². The first kappa shape index (κ1) is 9.21. The molecule has 0 aromatic heterocycles. The lowest BCUT2D eigenvalue weighted by Gasteiger charge is -2.05. The molecule has 1 aliphatic rings. The Morgan fingerprint density at radius 2 is 2.43 bits per heavy atom. The molecule has 1 heterocycles. The third-order valence-corrected chi connectivity index (χ3v) is 2.57. The Kier molecular flexibility index (Phi) is 2.25. The average Bonchev–Trinajstić information content (AvgIpc) is 2.49. The Morgan fingerprint density at radius 1 is 1.64 bits per heavy atom. The summed E-state index contributed by atoms with van der Waals surface area (Å²) in [7, 11) is 0. The van der Waals surface area contributed by atoms with E-state index >= 15 is 0 Å². The van der Waals surface area contributed by atoms with Crippen LogP contribution in [0.15, 0.2) is 18.2 Å². The zero-order valence-electron chi connectivity index (χ0n) is 7.99. The molecule has 1 aromatic rings. The van der Waals surface area contributed by atoms with Crippen molar-refractivity contribution in [2.24, 2.45) is 0 Å². The number of hydrogen-bond acceptors (Lipinski definition) is 2. The van der Waals surface area contributed by atoms with E-state index in [2.05, 4.69) is 0 Å². The van der Waals surface area contributed by atoms with Gasteiger partial charge in [0.1, 0.15) is 0 Å². The predicted molar refractivity (Wildman–Crippen MR) is 51.0 cm³/mol. The molecule has 0 fully saturated rings. The summed E-state index contributed by atoms with van der Waals surface area (Å²) in [5.74, 6) is -0.794. The van der Waals surface area contributed by atoms with Crippen LogP contribution < -0.4 is 0 Å². The van der Waals surface area contributed by atoms with Gasteiger partial charge < -0.3 is 9.84 Å². The number of hydrogen-bond donors (Lipinski definition) is 1. The van der Waals surface area contributed by atoms with Crippen LogP contribution in [-0.2, 0) is 22.6 Å². The van der Waals surface area contributed by atoms with E-state index in [1.807, 2.05) is 25.1 Å². The van der Waals surface area contributed by atoms with Gasteiger partial charge in [0, 0.05) is 0 Å². The van der Waals surface area contributed by atoms with E-state index in [0.29, 0.717) is 6.61 Å². The van der Waals surface area contributed by atoms with Crippen LogP contribution in [-0.4, -0.2) is 11.1 Å². The van der Waals surface area contributed by atoms with Gasteiger partial charge in [0.05, 0.1) is 19.1 Å². The molecule has 1 N–H and O–H groups in total. The molecule has 3 heteroatoms. The zero-order valence-corrected chi connectivity index (χ0v) is 7.99. The smallest absolute Gasteiger partial charge is 0.307 e. The van der Waals surface area contributed by atoms with Crippen LogP contribution in [0.25, 0.3) is 0 Å². The van der Waals surface area contributed by atoms with E-state index in [4.69, 9.17) is 9.84 Å². The summed E-state index contributed by atoms with van der Waals surface area (Å²) in [6.45, 7) is 2.52. The van der Waals surface area contributed by atoms with E-state index in [9.17, 15) is 4.79 Å². The third-order valence-electron chi connectivity index (χ3n) is 2.57. The highest BCUT2D eigenvalue weighted by molar-refractivity contribution is 5.71. The quantitative estimate of drug-likeness (QED) is 0.778. The fraction of sp³-hybridized carbons (Fsp3) is 0.364. The van der Waals surface area contributed by atoms with Gasteiger partial charge in [-0.15, -0.1) is 0 Å². The van der Waals surface area contributed by atoms with Crippen molar-refractivity contribution in [2.75, 3.05) is 0 Å². The van der Waals surface area contributed by atoms with Crippen molar-refractivity contribution >= 4 is 5.97 Å². The first-order chi connectivity index (χ1) is 6.68. The summed E-state index contributed by atoms with van der Waals surface area (Å²) >= 11 is 0. The summed E-state index contributed by atoms with van der Waals surface area (Å²) in [6.07, 6.45) is 0.179. The molecule has 1 aromatic carbocycles. The second kappa shape index (κ2) is 3.42. The number of benzene rings is 1. The minimum Gasteiger partial charge on any atom is -0.481 e. The van der Waals surface area contributed by atoms with Crippen LogP contribution in [0.2, 0.25) is 0 Å². The topological polar surface area (TPSA) is 46.5 Å². The molecule has 0 saturated carbocycles. The maximum atomic E-state index is 10.6. The second-order valence-electron chi connectivity index (χ2n) is 3.51.